The zero-order valence-corrected chi connectivity index (χ0v) is 21.0. The minimum Gasteiger partial charge on any atom is -0.370 e. The molecule has 0 bridgehead atoms. The molecule has 1 aliphatic carbocycles. The van der Waals surface area contributed by atoms with E-state index in [1.54, 1.807) is 0 Å². The van der Waals surface area contributed by atoms with Gasteiger partial charge in [-0.1, -0.05) is 59.8 Å². The van der Waals surface area contributed by atoms with Gasteiger partial charge in [0.2, 0.25) is 0 Å². The Morgan fingerprint density at radius 1 is 0.933 bits per heavy atom. The first-order chi connectivity index (χ1) is 14.0. The molecule has 1 saturated carbocycles. The molecule has 0 aliphatic heterocycles. The zero-order chi connectivity index (χ0) is 22.8. The maximum Gasteiger partial charge on any atom is 0.191 e. The van der Waals surface area contributed by atoms with Crippen molar-refractivity contribution < 1.29 is 24.1 Å². The molecule has 4 atom stereocenters. The van der Waals surface area contributed by atoms with Gasteiger partial charge in [0.1, 0.15) is 6.10 Å². The normalized spacial score (nSPS) is 22.1. The van der Waals surface area contributed by atoms with Crippen LogP contribution in [0.2, 0.25) is 0 Å². The number of hydrogen-bond donors (Lipinski definition) is 1. The van der Waals surface area contributed by atoms with Gasteiger partial charge in [0.25, 0.3) is 0 Å². The van der Waals surface area contributed by atoms with Crippen LogP contribution in [0.15, 0.2) is 0 Å². The third-order valence-corrected chi connectivity index (χ3v) is 6.40. The first-order valence-electron chi connectivity index (χ1n) is 12.4. The Morgan fingerprint density at radius 3 is 2.10 bits per heavy atom. The summed E-state index contributed by atoms with van der Waals surface area (Å²) in [5, 5.41) is 11.3. The standard InChI is InChI=1S/C25H50O5/c1-9-10-14-17-27-25(26,19(2)3)21(6)18-28-24(8,22(7)29-20(4)5)30-23-15-12-11-13-16-23/h19-23,26H,9-18H2,1-8H3. The SMILES string of the molecule is CCCCCOC(O)(C(C)C)C(C)COC(C)(OC1CCCCC1)C(C)OC(C)C. The zero-order valence-electron chi connectivity index (χ0n) is 21.0. The van der Waals surface area contributed by atoms with E-state index in [-0.39, 0.29) is 30.1 Å². The highest BCUT2D eigenvalue weighted by molar-refractivity contribution is 4.82. The second-order valence-corrected chi connectivity index (χ2v) is 9.90. The quantitative estimate of drug-likeness (QED) is 0.252. The lowest BCUT2D eigenvalue weighted by molar-refractivity contribution is -0.324. The van der Waals surface area contributed by atoms with Crippen LogP contribution in [0.25, 0.3) is 0 Å². The van der Waals surface area contributed by atoms with Gasteiger partial charge >= 0.3 is 0 Å². The molecule has 1 aliphatic rings. The van der Waals surface area contributed by atoms with Crippen molar-refractivity contribution >= 4 is 0 Å². The Bertz CT molecular complexity index is 449. The van der Waals surface area contributed by atoms with Gasteiger partial charge in [-0.05, 0) is 47.0 Å². The molecule has 0 amide bonds. The smallest absolute Gasteiger partial charge is 0.191 e. The van der Waals surface area contributed by atoms with Crippen molar-refractivity contribution in [1.82, 2.24) is 0 Å². The van der Waals surface area contributed by atoms with E-state index in [9.17, 15) is 5.11 Å². The van der Waals surface area contributed by atoms with Crippen molar-refractivity contribution in [2.75, 3.05) is 13.2 Å². The average molecular weight is 431 g/mol. The molecule has 1 fully saturated rings. The summed E-state index contributed by atoms with van der Waals surface area (Å²) in [5.41, 5.74) is 0. The first-order valence-corrected chi connectivity index (χ1v) is 12.4. The summed E-state index contributed by atoms with van der Waals surface area (Å²) in [6, 6.07) is 0. The molecule has 5 heteroatoms. The summed E-state index contributed by atoms with van der Waals surface area (Å²) in [4.78, 5) is 0. The van der Waals surface area contributed by atoms with Crippen LogP contribution in [-0.2, 0) is 18.9 Å². The molecular weight excluding hydrogens is 380 g/mol. The maximum absolute atomic E-state index is 11.3. The summed E-state index contributed by atoms with van der Waals surface area (Å²) in [6.07, 6.45) is 9.09. The molecule has 0 aromatic rings. The molecule has 4 unspecified atom stereocenters. The Hall–Kier alpha value is -0.200. The van der Waals surface area contributed by atoms with Crippen LogP contribution in [0.5, 0.6) is 0 Å². The van der Waals surface area contributed by atoms with Crippen LogP contribution in [-0.4, -0.2) is 48.2 Å². The average Bonchev–Trinajstić information content (AvgIpc) is 2.69. The number of aliphatic hydroxyl groups is 1. The number of hydrogen-bond acceptors (Lipinski definition) is 5. The van der Waals surface area contributed by atoms with Crippen molar-refractivity contribution in [1.29, 1.82) is 0 Å². The van der Waals surface area contributed by atoms with Crippen molar-refractivity contribution in [3.05, 3.63) is 0 Å². The molecule has 0 aromatic carbocycles. The number of ether oxygens (including phenoxy) is 4. The van der Waals surface area contributed by atoms with Crippen molar-refractivity contribution in [3.8, 4) is 0 Å². The largest absolute Gasteiger partial charge is 0.370 e. The van der Waals surface area contributed by atoms with E-state index in [1.165, 1.54) is 19.3 Å². The molecule has 0 saturated heterocycles. The molecule has 0 spiro atoms. The first kappa shape index (κ1) is 27.8. The topological polar surface area (TPSA) is 57.2 Å². The van der Waals surface area contributed by atoms with Gasteiger partial charge in [-0.25, -0.2) is 0 Å². The fraction of sp³-hybridized carbons (Fsp3) is 1.00. The molecule has 30 heavy (non-hydrogen) atoms. The monoisotopic (exact) mass is 430 g/mol. The summed E-state index contributed by atoms with van der Waals surface area (Å²) < 4.78 is 25.0. The third-order valence-electron chi connectivity index (χ3n) is 6.40. The van der Waals surface area contributed by atoms with Gasteiger partial charge in [0.15, 0.2) is 11.6 Å². The molecule has 1 N–H and O–H groups in total. The van der Waals surface area contributed by atoms with Crippen LogP contribution >= 0.6 is 0 Å². The lowest BCUT2D eigenvalue weighted by Crippen LogP contribution is -2.52. The molecule has 0 radical (unpaired) electrons. The highest BCUT2D eigenvalue weighted by Gasteiger charge is 2.42. The predicted octanol–water partition coefficient (Wildman–Crippen LogP) is 6.07. The van der Waals surface area contributed by atoms with E-state index in [2.05, 4.69) is 6.92 Å². The number of rotatable bonds is 15. The van der Waals surface area contributed by atoms with Gasteiger partial charge in [-0.15, -0.1) is 0 Å². The van der Waals surface area contributed by atoms with E-state index >= 15 is 0 Å². The molecular formula is C25H50O5. The van der Waals surface area contributed by atoms with Gasteiger partial charge in [-0.2, -0.15) is 0 Å². The van der Waals surface area contributed by atoms with Crippen molar-refractivity contribution in [2.24, 2.45) is 11.8 Å². The minimum atomic E-state index is -1.22. The minimum absolute atomic E-state index is 0.0346. The van der Waals surface area contributed by atoms with Crippen LogP contribution < -0.4 is 0 Å². The highest BCUT2D eigenvalue weighted by atomic mass is 16.7. The predicted molar refractivity (Wildman–Crippen MR) is 122 cm³/mol. The fourth-order valence-electron chi connectivity index (χ4n) is 4.17. The van der Waals surface area contributed by atoms with E-state index in [4.69, 9.17) is 18.9 Å². The second kappa shape index (κ2) is 13.4. The Kier molecular flexibility index (Phi) is 12.4. The third kappa shape index (κ3) is 8.74. The van der Waals surface area contributed by atoms with Crippen LogP contribution in [0.3, 0.4) is 0 Å². The summed E-state index contributed by atoms with van der Waals surface area (Å²) in [5.74, 6) is -2.31. The fourth-order valence-corrected chi connectivity index (χ4v) is 4.17. The highest BCUT2D eigenvalue weighted by Crippen LogP contribution is 2.33. The Morgan fingerprint density at radius 2 is 1.57 bits per heavy atom. The van der Waals surface area contributed by atoms with Crippen molar-refractivity contribution in [2.45, 2.75) is 137 Å². The van der Waals surface area contributed by atoms with E-state index in [0.717, 1.165) is 32.1 Å². The lowest BCUT2D eigenvalue weighted by Gasteiger charge is -2.43. The van der Waals surface area contributed by atoms with Crippen LogP contribution in [0, 0.1) is 11.8 Å². The molecule has 0 heterocycles. The molecule has 0 aromatic heterocycles. The van der Waals surface area contributed by atoms with Crippen LogP contribution in [0.4, 0.5) is 0 Å². The van der Waals surface area contributed by atoms with Gasteiger partial charge in [0, 0.05) is 11.8 Å². The Balaban J connectivity index is 2.82. The van der Waals surface area contributed by atoms with Gasteiger partial charge in [-0.3, -0.25) is 0 Å². The molecule has 1 rings (SSSR count). The Labute approximate surface area is 186 Å². The summed E-state index contributed by atoms with van der Waals surface area (Å²) in [7, 11) is 0. The van der Waals surface area contributed by atoms with Gasteiger partial charge < -0.3 is 24.1 Å². The summed E-state index contributed by atoms with van der Waals surface area (Å²) >= 11 is 0. The van der Waals surface area contributed by atoms with Crippen LogP contribution in [0.1, 0.15) is 107 Å². The lowest BCUT2D eigenvalue weighted by atomic mass is 9.90. The summed E-state index contributed by atoms with van der Waals surface area (Å²) in [6.45, 7) is 17.1. The second-order valence-electron chi connectivity index (χ2n) is 9.90. The maximum atomic E-state index is 11.3. The van der Waals surface area contributed by atoms with E-state index < -0.39 is 11.6 Å². The van der Waals surface area contributed by atoms with Gasteiger partial charge in [0.05, 0.1) is 25.4 Å². The number of unbranched alkanes of at least 4 members (excludes halogenated alkanes) is 2. The van der Waals surface area contributed by atoms with E-state index in [0.29, 0.717) is 13.2 Å². The van der Waals surface area contributed by atoms with Crippen molar-refractivity contribution in [3.63, 3.8) is 0 Å². The molecule has 180 valence electrons. The molecule has 5 nitrogen and oxygen atoms in total. The van der Waals surface area contributed by atoms with E-state index in [1.807, 2.05) is 48.5 Å².